The van der Waals surface area contributed by atoms with Gasteiger partial charge in [-0.2, -0.15) is 4.98 Å². The van der Waals surface area contributed by atoms with Crippen molar-refractivity contribution in [2.45, 2.75) is 83.4 Å². The summed E-state index contributed by atoms with van der Waals surface area (Å²) in [7, 11) is -0.706. The van der Waals surface area contributed by atoms with Crippen LogP contribution in [0, 0.1) is 0 Å². The molecule has 1 aliphatic carbocycles. The van der Waals surface area contributed by atoms with E-state index in [-0.39, 0.29) is 29.9 Å². The zero-order valence-corrected chi connectivity index (χ0v) is 20.7. The van der Waals surface area contributed by atoms with Gasteiger partial charge in [-0.05, 0) is 32.6 Å². The zero-order chi connectivity index (χ0) is 19.6. The lowest BCUT2D eigenvalue weighted by Gasteiger charge is -2.30. The van der Waals surface area contributed by atoms with Crippen molar-refractivity contribution in [2.24, 2.45) is 4.99 Å². The van der Waals surface area contributed by atoms with Gasteiger partial charge in [0.1, 0.15) is 0 Å². The first-order valence-corrected chi connectivity index (χ1v) is 11.7. The third-order valence-electron chi connectivity index (χ3n) is 4.79. The van der Waals surface area contributed by atoms with Gasteiger partial charge in [0.25, 0.3) is 0 Å². The van der Waals surface area contributed by atoms with Crippen LogP contribution in [0.25, 0.3) is 0 Å². The quantitative estimate of drug-likeness (QED) is 0.222. The summed E-state index contributed by atoms with van der Waals surface area (Å²) in [5, 5.41) is 11.2. The first kappa shape index (κ1) is 25.3. The Morgan fingerprint density at radius 1 is 1.36 bits per heavy atom. The zero-order valence-electron chi connectivity index (χ0n) is 17.6. The summed E-state index contributed by atoms with van der Waals surface area (Å²) in [5.74, 6) is 3.33. The molecule has 1 heterocycles. The predicted molar refractivity (Wildman–Crippen MR) is 126 cm³/mol. The van der Waals surface area contributed by atoms with Crippen molar-refractivity contribution in [3.05, 3.63) is 11.7 Å². The van der Waals surface area contributed by atoms with E-state index in [2.05, 4.69) is 46.5 Å². The molecule has 0 radical (unpaired) electrons. The van der Waals surface area contributed by atoms with Crippen LogP contribution in [0.1, 0.15) is 77.4 Å². The highest BCUT2D eigenvalue weighted by molar-refractivity contribution is 14.0. The highest BCUT2D eigenvalue weighted by atomic mass is 127. The Balaban J connectivity index is 0.00000392. The Hall–Kier alpha value is -0.710. The summed E-state index contributed by atoms with van der Waals surface area (Å²) in [6.07, 6.45) is 5.89. The van der Waals surface area contributed by atoms with Gasteiger partial charge in [0, 0.05) is 53.3 Å². The second-order valence-electron chi connectivity index (χ2n) is 7.36. The number of nitrogens with one attached hydrogen (secondary N) is 2. The van der Waals surface area contributed by atoms with Crippen LogP contribution in [0.4, 0.5) is 0 Å². The second-order valence-corrected chi connectivity index (χ2v) is 9.37. The molecule has 2 N–H and O–H groups in total. The standard InChI is InChI=1S/C19H35N5O2S.HI/c1-5-20-19(22-15-9-7-10-16(13-15)27(25)6-2)21-12-8-11-17-23-18(14(3)4)24-26-17;/h14-16H,5-13H2,1-4H3,(H2,20,21,22);1H. The van der Waals surface area contributed by atoms with Gasteiger partial charge in [0.05, 0.1) is 0 Å². The monoisotopic (exact) mass is 525 g/mol. The van der Waals surface area contributed by atoms with Gasteiger partial charge in [-0.25, -0.2) is 0 Å². The number of halogens is 1. The Kier molecular flexibility index (Phi) is 12.2. The summed E-state index contributed by atoms with van der Waals surface area (Å²) in [6, 6.07) is 0.349. The summed E-state index contributed by atoms with van der Waals surface area (Å²) in [4.78, 5) is 9.09. The molecule has 1 aliphatic rings. The van der Waals surface area contributed by atoms with Crippen molar-refractivity contribution in [3.8, 4) is 0 Å². The summed E-state index contributed by atoms with van der Waals surface area (Å²) in [5.41, 5.74) is 0. The van der Waals surface area contributed by atoms with Crippen molar-refractivity contribution in [2.75, 3.05) is 18.8 Å². The summed E-state index contributed by atoms with van der Waals surface area (Å²) in [6.45, 7) is 9.71. The first-order valence-electron chi connectivity index (χ1n) is 10.3. The van der Waals surface area contributed by atoms with Crippen LogP contribution in [-0.4, -0.2) is 50.4 Å². The number of rotatable bonds is 9. The number of hydrogen-bond acceptors (Lipinski definition) is 5. The Labute approximate surface area is 188 Å². The van der Waals surface area contributed by atoms with Crippen molar-refractivity contribution in [1.82, 2.24) is 20.8 Å². The van der Waals surface area contributed by atoms with E-state index in [1.54, 1.807) is 0 Å². The molecule has 0 aliphatic heterocycles. The fraction of sp³-hybridized carbons (Fsp3) is 0.842. The smallest absolute Gasteiger partial charge is 0.226 e. The molecule has 0 spiro atoms. The van der Waals surface area contributed by atoms with Crippen molar-refractivity contribution < 1.29 is 8.73 Å². The molecule has 0 bridgehead atoms. The number of aryl methyl sites for hydroxylation is 1. The van der Waals surface area contributed by atoms with Crippen LogP contribution < -0.4 is 10.6 Å². The molecular formula is C19H36IN5O2S. The normalized spacial score (nSPS) is 21.2. The fourth-order valence-electron chi connectivity index (χ4n) is 3.29. The largest absolute Gasteiger partial charge is 0.357 e. The van der Waals surface area contributed by atoms with Gasteiger partial charge in [-0.15, -0.1) is 24.0 Å². The average Bonchev–Trinajstić information content (AvgIpc) is 3.14. The van der Waals surface area contributed by atoms with E-state index in [1.807, 2.05) is 6.92 Å². The van der Waals surface area contributed by atoms with Crippen molar-refractivity contribution in [3.63, 3.8) is 0 Å². The molecule has 1 aromatic heterocycles. The van der Waals surface area contributed by atoms with E-state index >= 15 is 0 Å². The molecule has 1 saturated carbocycles. The summed E-state index contributed by atoms with van der Waals surface area (Å²) >= 11 is 0. The first-order chi connectivity index (χ1) is 13.0. The Bertz CT molecular complexity index is 623. The molecule has 9 heteroatoms. The second kappa shape index (κ2) is 13.5. The van der Waals surface area contributed by atoms with Crippen LogP contribution in [0.3, 0.4) is 0 Å². The summed E-state index contributed by atoms with van der Waals surface area (Å²) < 4.78 is 17.4. The Morgan fingerprint density at radius 3 is 2.79 bits per heavy atom. The Morgan fingerprint density at radius 2 is 2.14 bits per heavy atom. The maximum absolute atomic E-state index is 12.1. The topological polar surface area (TPSA) is 92.4 Å². The van der Waals surface area contributed by atoms with E-state index in [4.69, 9.17) is 4.52 Å². The van der Waals surface area contributed by atoms with Gasteiger partial charge in [-0.3, -0.25) is 9.20 Å². The van der Waals surface area contributed by atoms with Gasteiger partial charge >= 0.3 is 0 Å². The molecule has 3 atom stereocenters. The van der Waals surface area contributed by atoms with E-state index in [9.17, 15) is 4.21 Å². The lowest BCUT2D eigenvalue weighted by molar-refractivity contribution is 0.369. The minimum Gasteiger partial charge on any atom is -0.357 e. The molecule has 7 nitrogen and oxygen atoms in total. The molecule has 1 aromatic rings. The number of nitrogens with zero attached hydrogens (tertiary/aromatic N) is 3. The van der Waals surface area contributed by atoms with Crippen LogP contribution >= 0.6 is 24.0 Å². The predicted octanol–water partition coefficient (Wildman–Crippen LogP) is 3.38. The van der Waals surface area contributed by atoms with E-state index in [0.717, 1.165) is 62.6 Å². The van der Waals surface area contributed by atoms with Gasteiger partial charge in [-0.1, -0.05) is 32.3 Å². The number of hydrogen-bond donors (Lipinski definition) is 2. The average molecular weight is 526 g/mol. The molecule has 28 heavy (non-hydrogen) atoms. The third-order valence-corrected chi connectivity index (χ3v) is 6.53. The number of aliphatic imine (C=N–C) groups is 1. The minimum atomic E-state index is -0.706. The van der Waals surface area contributed by atoms with Gasteiger partial charge in [0.2, 0.25) is 5.89 Å². The van der Waals surface area contributed by atoms with Crippen LogP contribution in [0.15, 0.2) is 9.52 Å². The lowest BCUT2D eigenvalue weighted by atomic mass is 9.95. The molecule has 0 amide bonds. The van der Waals surface area contributed by atoms with Crippen LogP contribution in [0.2, 0.25) is 0 Å². The fourth-order valence-corrected chi connectivity index (χ4v) is 4.64. The molecule has 2 rings (SSSR count). The highest BCUT2D eigenvalue weighted by Gasteiger charge is 2.26. The maximum atomic E-state index is 12.1. The molecule has 0 saturated heterocycles. The van der Waals surface area contributed by atoms with Gasteiger partial charge < -0.3 is 15.2 Å². The van der Waals surface area contributed by atoms with Crippen molar-refractivity contribution >= 4 is 40.7 Å². The minimum absolute atomic E-state index is 0. The molecule has 0 aromatic carbocycles. The van der Waals surface area contributed by atoms with Crippen LogP contribution in [-0.2, 0) is 17.2 Å². The molecule has 162 valence electrons. The molecular weight excluding hydrogens is 489 g/mol. The van der Waals surface area contributed by atoms with E-state index in [0.29, 0.717) is 23.7 Å². The van der Waals surface area contributed by atoms with E-state index < -0.39 is 10.8 Å². The van der Waals surface area contributed by atoms with Crippen LogP contribution in [0.5, 0.6) is 0 Å². The van der Waals surface area contributed by atoms with Crippen molar-refractivity contribution in [1.29, 1.82) is 0 Å². The maximum Gasteiger partial charge on any atom is 0.226 e. The van der Waals surface area contributed by atoms with E-state index in [1.165, 1.54) is 0 Å². The molecule has 3 unspecified atom stereocenters. The number of aromatic nitrogens is 2. The number of guanidine groups is 1. The van der Waals surface area contributed by atoms with Gasteiger partial charge in [0.15, 0.2) is 11.8 Å². The molecule has 1 fully saturated rings. The SMILES string of the molecule is CCNC(=NCCCc1nc(C(C)C)no1)NC1CCCC(S(=O)CC)C1.I. The lowest BCUT2D eigenvalue weighted by Crippen LogP contribution is -2.46. The third kappa shape index (κ3) is 8.34. The highest BCUT2D eigenvalue weighted by Crippen LogP contribution is 2.23.